The Morgan fingerprint density at radius 1 is 1.36 bits per heavy atom. The maximum atomic E-state index is 12.3. The molecule has 3 heterocycles. The van der Waals surface area contributed by atoms with Crippen LogP contribution in [0.5, 0.6) is 5.75 Å². The number of oxazole rings is 1. The van der Waals surface area contributed by atoms with Crippen molar-refractivity contribution in [1.82, 2.24) is 25.0 Å². The molecule has 1 aliphatic rings. The standard InChI is InChI=1S/C16H13F3N4O3.C5H8N2/c17-16(18,19)26-12-3-1-2-10(6-12)13-7-21-15(25-13)14(24)22-11-4-5-23(8-11)9-20;1-5-3-4-7(2)6-5/h1-3,6-7,11H,4-5,8H2,(H,22,24);3-4H,1-2H3. The lowest BCUT2D eigenvalue weighted by atomic mass is 10.2. The van der Waals surface area contributed by atoms with Crippen molar-refractivity contribution in [3.05, 3.63) is 54.3 Å². The summed E-state index contributed by atoms with van der Waals surface area (Å²) in [6.07, 6.45) is 1.01. The van der Waals surface area contributed by atoms with Crippen molar-refractivity contribution in [2.24, 2.45) is 7.05 Å². The van der Waals surface area contributed by atoms with E-state index in [2.05, 4.69) is 20.1 Å². The largest absolute Gasteiger partial charge is 0.573 e. The first-order valence-electron chi connectivity index (χ1n) is 9.87. The van der Waals surface area contributed by atoms with Gasteiger partial charge in [-0.15, -0.1) is 13.2 Å². The molecular formula is C21H21F3N6O3. The van der Waals surface area contributed by atoms with E-state index in [1.54, 1.807) is 4.68 Å². The Hall–Kier alpha value is -4.01. The number of amides is 1. The van der Waals surface area contributed by atoms with Crippen molar-refractivity contribution in [2.75, 3.05) is 13.1 Å². The molecule has 12 heteroatoms. The highest BCUT2D eigenvalue weighted by molar-refractivity contribution is 5.90. The molecule has 0 bridgehead atoms. The third kappa shape index (κ3) is 6.99. The number of aromatic nitrogens is 3. The van der Waals surface area contributed by atoms with Crippen LogP contribution in [-0.2, 0) is 7.05 Å². The quantitative estimate of drug-likeness (QED) is 0.593. The molecule has 33 heavy (non-hydrogen) atoms. The average molecular weight is 462 g/mol. The second-order valence-corrected chi connectivity index (χ2v) is 7.24. The molecular weight excluding hydrogens is 441 g/mol. The molecule has 0 saturated carbocycles. The number of carbonyl (C=O) groups is 1. The van der Waals surface area contributed by atoms with Gasteiger partial charge in [0.25, 0.3) is 5.89 Å². The van der Waals surface area contributed by atoms with E-state index in [4.69, 9.17) is 9.68 Å². The molecule has 1 unspecified atom stereocenters. The highest BCUT2D eigenvalue weighted by Gasteiger charge is 2.31. The van der Waals surface area contributed by atoms with Crippen LogP contribution in [0.2, 0.25) is 0 Å². The van der Waals surface area contributed by atoms with Gasteiger partial charge in [0.15, 0.2) is 12.0 Å². The first-order chi connectivity index (χ1) is 15.6. The van der Waals surface area contributed by atoms with Gasteiger partial charge in [0, 0.05) is 37.9 Å². The van der Waals surface area contributed by atoms with Crippen LogP contribution in [0.4, 0.5) is 13.2 Å². The predicted octanol–water partition coefficient (Wildman–Crippen LogP) is 3.25. The van der Waals surface area contributed by atoms with E-state index in [1.165, 1.54) is 23.2 Å². The maximum absolute atomic E-state index is 12.3. The van der Waals surface area contributed by atoms with E-state index in [-0.39, 0.29) is 23.3 Å². The molecule has 9 nitrogen and oxygen atoms in total. The summed E-state index contributed by atoms with van der Waals surface area (Å²) in [6, 6.07) is 6.95. The number of nitriles is 1. The monoisotopic (exact) mass is 462 g/mol. The molecule has 3 aromatic rings. The van der Waals surface area contributed by atoms with Gasteiger partial charge in [-0.25, -0.2) is 4.98 Å². The van der Waals surface area contributed by atoms with Crippen LogP contribution in [-0.4, -0.2) is 51.1 Å². The Morgan fingerprint density at radius 3 is 2.73 bits per heavy atom. The average Bonchev–Trinajstić information content (AvgIpc) is 3.48. The molecule has 2 aromatic heterocycles. The van der Waals surface area contributed by atoms with Crippen LogP contribution in [0.15, 0.2) is 47.1 Å². The fourth-order valence-electron chi connectivity index (χ4n) is 3.11. The van der Waals surface area contributed by atoms with Crippen molar-refractivity contribution < 1.29 is 27.1 Å². The third-order valence-electron chi connectivity index (χ3n) is 4.56. The fraction of sp³-hybridized carbons (Fsp3) is 0.333. The SMILES string of the molecule is Cc1ccn(C)n1.N#CN1CCC(NC(=O)c2ncc(-c3cccc(OC(F)(F)F)c3)o2)C1. The lowest BCUT2D eigenvalue weighted by Gasteiger charge is -2.10. The van der Waals surface area contributed by atoms with Crippen LogP contribution >= 0.6 is 0 Å². The number of aryl methyl sites for hydroxylation is 2. The number of nitrogens with zero attached hydrogens (tertiary/aromatic N) is 5. The highest BCUT2D eigenvalue weighted by atomic mass is 19.4. The van der Waals surface area contributed by atoms with Crippen molar-refractivity contribution in [3.8, 4) is 23.3 Å². The van der Waals surface area contributed by atoms with Gasteiger partial charge in [0.05, 0.1) is 11.9 Å². The van der Waals surface area contributed by atoms with E-state index >= 15 is 0 Å². The zero-order chi connectivity index (χ0) is 24.0. The fourth-order valence-corrected chi connectivity index (χ4v) is 3.11. The Kier molecular flexibility index (Phi) is 7.22. The van der Waals surface area contributed by atoms with Gasteiger partial charge in [0.1, 0.15) is 5.75 Å². The summed E-state index contributed by atoms with van der Waals surface area (Å²) in [6.45, 7) is 2.94. The summed E-state index contributed by atoms with van der Waals surface area (Å²) in [5, 5.41) is 15.5. The van der Waals surface area contributed by atoms with Crippen molar-refractivity contribution >= 4 is 5.91 Å². The second-order valence-electron chi connectivity index (χ2n) is 7.24. The summed E-state index contributed by atoms with van der Waals surface area (Å²) >= 11 is 0. The van der Waals surface area contributed by atoms with Crippen LogP contribution in [0.3, 0.4) is 0 Å². The molecule has 1 aliphatic heterocycles. The molecule has 0 spiro atoms. The zero-order valence-electron chi connectivity index (χ0n) is 17.8. The number of halogens is 3. The Balaban J connectivity index is 0.000000374. The van der Waals surface area contributed by atoms with Gasteiger partial charge < -0.3 is 19.4 Å². The van der Waals surface area contributed by atoms with E-state index in [9.17, 15) is 18.0 Å². The second kappa shape index (κ2) is 10.1. The molecule has 1 amide bonds. The minimum absolute atomic E-state index is 0.132. The van der Waals surface area contributed by atoms with Gasteiger partial charge in [-0.1, -0.05) is 12.1 Å². The molecule has 0 aliphatic carbocycles. The van der Waals surface area contributed by atoms with Crippen LogP contribution < -0.4 is 10.1 Å². The smallest absolute Gasteiger partial charge is 0.432 e. The van der Waals surface area contributed by atoms with Gasteiger partial charge >= 0.3 is 12.3 Å². The van der Waals surface area contributed by atoms with Gasteiger partial charge in [-0.3, -0.25) is 9.48 Å². The van der Waals surface area contributed by atoms with Crippen LogP contribution in [0.1, 0.15) is 22.8 Å². The van der Waals surface area contributed by atoms with Crippen LogP contribution in [0.25, 0.3) is 11.3 Å². The highest BCUT2D eigenvalue weighted by Crippen LogP contribution is 2.28. The zero-order valence-corrected chi connectivity index (χ0v) is 17.8. The number of benzene rings is 1. The first kappa shape index (κ1) is 23.6. The number of likely N-dealkylation sites (tertiary alicyclic amines) is 1. The molecule has 1 fully saturated rings. The summed E-state index contributed by atoms with van der Waals surface area (Å²) in [5.41, 5.74) is 1.36. The number of hydrogen-bond donors (Lipinski definition) is 1. The number of nitrogens with one attached hydrogen (secondary N) is 1. The van der Waals surface area contributed by atoms with E-state index < -0.39 is 18.0 Å². The van der Waals surface area contributed by atoms with E-state index in [0.717, 1.165) is 17.8 Å². The van der Waals surface area contributed by atoms with Crippen LogP contribution in [0, 0.1) is 18.4 Å². The normalized spacial score (nSPS) is 15.4. The third-order valence-corrected chi connectivity index (χ3v) is 4.56. The van der Waals surface area contributed by atoms with E-state index in [0.29, 0.717) is 19.5 Å². The number of carbonyl (C=O) groups excluding carboxylic acids is 1. The minimum atomic E-state index is -4.80. The Labute approximate surface area is 187 Å². The van der Waals surface area contributed by atoms with Crippen molar-refractivity contribution in [1.29, 1.82) is 5.26 Å². The van der Waals surface area contributed by atoms with Crippen molar-refractivity contribution in [2.45, 2.75) is 25.7 Å². The minimum Gasteiger partial charge on any atom is -0.432 e. The van der Waals surface area contributed by atoms with Gasteiger partial charge in [0.2, 0.25) is 0 Å². The van der Waals surface area contributed by atoms with E-state index in [1.807, 2.05) is 32.4 Å². The lowest BCUT2D eigenvalue weighted by Crippen LogP contribution is -2.36. The Morgan fingerprint density at radius 2 is 2.15 bits per heavy atom. The van der Waals surface area contributed by atoms with Crippen molar-refractivity contribution in [3.63, 3.8) is 0 Å². The summed E-state index contributed by atoms with van der Waals surface area (Å²) in [7, 11) is 1.91. The molecule has 4 rings (SSSR count). The van der Waals surface area contributed by atoms with Gasteiger partial charge in [-0.05, 0) is 31.5 Å². The summed E-state index contributed by atoms with van der Waals surface area (Å²) in [4.78, 5) is 17.5. The van der Waals surface area contributed by atoms with Gasteiger partial charge in [-0.2, -0.15) is 10.4 Å². The molecule has 1 saturated heterocycles. The molecule has 174 valence electrons. The molecule has 1 N–H and O–H groups in total. The lowest BCUT2D eigenvalue weighted by molar-refractivity contribution is -0.274. The Bertz CT molecular complexity index is 1120. The number of ether oxygens (including phenoxy) is 1. The molecule has 1 atom stereocenters. The molecule has 1 aromatic carbocycles. The predicted molar refractivity (Wildman–Crippen MR) is 110 cm³/mol. The first-order valence-corrected chi connectivity index (χ1v) is 9.87. The molecule has 0 radical (unpaired) electrons. The number of alkyl halides is 3. The summed E-state index contributed by atoms with van der Waals surface area (Å²) < 4.78 is 47.9. The maximum Gasteiger partial charge on any atom is 0.573 e. The summed E-state index contributed by atoms with van der Waals surface area (Å²) in [5.74, 6) is -1.03. The number of rotatable bonds is 4. The number of hydrogen-bond acceptors (Lipinski definition) is 7. The topological polar surface area (TPSA) is 109 Å².